The number of aliphatic hydroxyl groups excluding tert-OH is 2. The molecule has 2 unspecified atom stereocenters. The fraction of sp³-hybridized carbons (Fsp3) is 0.889. The van der Waals surface area contributed by atoms with Gasteiger partial charge in [-0.2, -0.15) is 0 Å². The fourth-order valence-electron chi connectivity index (χ4n) is 9.01. The lowest BCUT2D eigenvalue weighted by Crippen LogP contribution is -2.51. The first kappa shape index (κ1) is 21.2. The molecular formula is C27H43NO2. The highest BCUT2D eigenvalue weighted by molar-refractivity contribution is 5.87. The van der Waals surface area contributed by atoms with Crippen molar-refractivity contribution in [3.63, 3.8) is 0 Å². The van der Waals surface area contributed by atoms with Crippen LogP contribution in [-0.2, 0) is 0 Å². The second-order valence-electron chi connectivity index (χ2n) is 12.3. The van der Waals surface area contributed by atoms with Crippen molar-refractivity contribution >= 4 is 5.71 Å². The minimum absolute atomic E-state index is 0.132. The Labute approximate surface area is 183 Å². The highest BCUT2D eigenvalue weighted by Gasteiger charge is 2.62. The van der Waals surface area contributed by atoms with Gasteiger partial charge in [0.15, 0.2) is 0 Å². The van der Waals surface area contributed by atoms with Gasteiger partial charge in [-0.1, -0.05) is 39.3 Å². The monoisotopic (exact) mass is 413 g/mol. The standard InChI is InChI=1S/C27H43NO2/c1-16-5-8-23(28-15-16)17(2)25-24(30)14-22-20-7-6-18-13-19(29)9-11-26(18,3)21(20)10-12-27(22,25)4/h6,16-17,19-22,24-25,29-30H,5,7-15H2,1-4H3/t16-,17+,19?,20+,21-,22-,24?,25-,26-,27-/m0/s1. The molecule has 4 aliphatic carbocycles. The molecular weight excluding hydrogens is 370 g/mol. The zero-order chi connectivity index (χ0) is 21.3. The number of aliphatic hydroxyl groups is 2. The van der Waals surface area contributed by atoms with Crippen LogP contribution in [-0.4, -0.2) is 34.7 Å². The second-order valence-corrected chi connectivity index (χ2v) is 12.3. The topological polar surface area (TPSA) is 52.8 Å². The first-order valence-corrected chi connectivity index (χ1v) is 12.8. The molecule has 0 aromatic rings. The molecule has 5 rings (SSSR count). The molecule has 3 fully saturated rings. The van der Waals surface area contributed by atoms with E-state index in [1.807, 2.05) is 0 Å². The van der Waals surface area contributed by atoms with Crippen molar-refractivity contribution in [2.24, 2.45) is 51.3 Å². The van der Waals surface area contributed by atoms with E-state index in [-0.39, 0.29) is 23.0 Å². The van der Waals surface area contributed by atoms with Crippen molar-refractivity contribution in [1.29, 1.82) is 0 Å². The van der Waals surface area contributed by atoms with E-state index in [0.717, 1.165) is 51.0 Å². The van der Waals surface area contributed by atoms with Crippen LogP contribution in [0.15, 0.2) is 16.6 Å². The lowest BCUT2D eigenvalue weighted by Gasteiger charge is -2.58. The van der Waals surface area contributed by atoms with Crippen LogP contribution < -0.4 is 0 Å². The largest absolute Gasteiger partial charge is 0.393 e. The Bertz CT molecular complexity index is 743. The average molecular weight is 414 g/mol. The van der Waals surface area contributed by atoms with Crippen molar-refractivity contribution in [1.82, 2.24) is 0 Å². The molecule has 5 aliphatic rings. The molecule has 3 saturated carbocycles. The summed E-state index contributed by atoms with van der Waals surface area (Å²) in [6.45, 7) is 10.7. The lowest BCUT2D eigenvalue weighted by molar-refractivity contribution is -0.0564. The Morgan fingerprint density at radius 1 is 1.10 bits per heavy atom. The van der Waals surface area contributed by atoms with Crippen molar-refractivity contribution in [2.45, 2.75) is 97.7 Å². The van der Waals surface area contributed by atoms with Gasteiger partial charge in [-0.05, 0) is 104 Å². The molecule has 10 atom stereocenters. The van der Waals surface area contributed by atoms with Crippen molar-refractivity contribution in [3.05, 3.63) is 11.6 Å². The molecule has 168 valence electrons. The van der Waals surface area contributed by atoms with Gasteiger partial charge in [0.25, 0.3) is 0 Å². The third kappa shape index (κ3) is 3.09. The summed E-state index contributed by atoms with van der Waals surface area (Å²) in [5, 5.41) is 21.6. The molecule has 0 bridgehead atoms. The normalized spacial score (nSPS) is 51.9. The molecule has 0 saturated heterocycles. The van der Waals surface area contributed by atoms with Crippen LogP contribution in [0.4, 0.5) is 0 Å². The minimum Gasteiger partial charge on any atom is -0.393 e. The number of rotatable bonds is 2. The number of aliphatic imine (C=N–C) groups is 1. The van der Waals surface area contributed by atoms with E-state index in [9.17, 15) is 10.2 Å². The molecule has 0 amide bonds. The van der Waals surface area contributed by atoms with Gasteiger partial charge in [-0.25, -0.2) is 0 Å². The quantitative estimate of drug-likeness (QED) is 0.595. The Kier molecular flexibility index (Phi) is 5.26. The lowest BCUT2D eigenvalue weighted by atomic mass is 9.47. The summed E-state index contributed by atoms with van der Waals surface area (Å²) in [5.74, 6) is 3.55. The van der Waals surface area contributed by atoms with E-state index in [2.05, 4.69) is 33.8 Å². The number of nitrogens with zero attached hydrogens (tertiary/aromatic N) is 1. The molecule has 0 spiro atoms. The van der Waals surface area contributed by atoms with Crippen LogP contribution >= 0.6 is 0 Å². The van der Waals surface area contributed by atoms with Crippen molar-refractivity contribution in [3.8, 4) is 0 Å². The van der Waals surface area contributed by atoms with Crippen LogP contribution in [0.2, 0.25) is 0 Å². The van der Waals surface area contributed by atoms with Crippen LogP contribution in [0.5, 0.6) is 0 Å². The van der Waals surface area contributed by atoms with Crippen LogP contribution in [0.1, 0.15) is 85.5 Å². The van der Waals surface area contributed by atoms with Gasteiger partial charge in [0.2, 0.25) is 0 Å². The van der Waals surface area contributed by atoms with Gasteiger partial charge >= 0.3 is 0 Å². The van der Waals surface area contributed by atoms with Crippen LogP contribution in [0.25, 0.3) is 0 Å². The van der Waals surface area contributed by atoms with Gasteiger partial charge in [0.1, 0.15) is 0 Å². The molecule has 1 heterocycles. The number of allylic oxidation sites excluding steroid dienone is 1. The summed E-state index contributed by atoms with van der Waals surface area (Å²) in [6, 6.07) is 0. The highest BCUT2D eigenvalue weighted by atomic mass is 16.3. The fourth-order valence-corrected chi connectivity index (χ4v) is 9.01. The zero-order valence-corrected chi connectivity index (χ0v) is 19.6. The molecule has 0 aromatic carbocycles. The number of fused-ring (bicyclic) bond motifs is 5. The van der Waals surface area contributed by atoms with Gasteiger partial charge in [0, 0.05) is 12.3 Å². The minimum atomic E-state index is -0.179. The van der Waals surface area contributed by atoms with Gasteiger partial charge in [-0.15, -0.1) is 0 Å². The Hall–Kier alpha value is -0.670. The third-order valence-electron chi connectivity index (χ3n) is 10.8. The predicted octanol–water partition coefficient (Wildman–Crippen LogP) is 5.40. The Balaban J connectivity index is 1.42. The van der Waals surface area contributed by atoms with Gasteiger partial charge < -0.3 is 10.2 Å². The first-order valence-electron chi connectivity index (χ1n) is 12.8. The van der Waals surface area contributed by atoms with Crippen molar-refractivity contribution < 1.29 is 10.2 Å². The van der Waals surface area contributed by atoms with E-state index < -0.39 is 0 Å². The summed E-state index contributed by atoms with van der Waals surface area (Å²) >= 11 is 0. The smallest absolute Gasteiger partial charge is 0.0582 e. The van der Waals surface area contributed by atoms with E-state index in [0.29, 0.717) is 29.6 Å². The average Bonchev–Trinajstić information content (AvgIpc) is 2.98. The highest BCUT2D eigenvalue weighted by Crippen LogP contribution is 2.67. The molecule has 1 aliphatic heterocycles. The summed E-state index contributed by atoms with van der Waals surface area (Å²) in [6.07, 6.45) is 12.3. The third-order valence-corrected chi connectivity index (χ3v) is 10.8. The van der Waals surface area contributed by atoms with Crippen molar-refractivity contribution in [2.75, 3.05) is 6.54 Å². The van der Waals surface area contributed by atoms with E-state index in [1.54, 1.807) is 5.57 Å². The Morgan fingerprint density at radius 2 is 1.90 bits per heavy atom. The molecule has 2 N–H and O–H groups in total. The second kappa shape index (κ2) is 7.44. The number of hydrogen-bond acceptors (Lipinski definition) is 3. The summed E-state index contributed by atoms with van der Waals surface area (Å²) < 4.78 is 0. The van der Waals surface area contributed by atoms with E-state index in [4.69, 9.17) is 4.99 Å². The molecule has 0 aromatic heterocycles. The zero-order valence-electron chi connectivity index (χ0n) is 19.6. The Morgan fingerprint density at radius 3 is 2.63 bits per heavy atom. The van der Waals surface area contributed by atoms with E-state index in [1.165, 1.54) is 25.0 Å². The van der Waals surface area contributed by atoms with Crippen LogP contribution in [0.3, 0.4) is 0 Å². The predicted molar refractivity (Wildman–Crippen MR) is 122 cm³/mol. The van der Waals surface area contributed by atoms with Gasteiger partial charge in [0.05, 0.1) is 12.2 Å². The summed E-state index contributed by atoms with van der Waals surface area (Å²) in [5.41, 5.74) is 3.45. The van der Waals surface area contributed by atoms with Gasteiger partial charge in [-0.3, -0.25) is 4.99 Å². The maximum atomic E-state index is 11.4. The SMILES string of the molecule is C[C@H]1CCC([C@@H](C)[C@H]2C(O)C[C@H]3[C@@H]4CC=C5CC(O)CC[C@]5(C)[C@H]4CC[C@]23C)=NC1. The first-order chi connectivity index (χ1) is 14.2. The maximum Gasteiger partial charge on any atom is 0.0582 e. The van der Waals surface area contributed by atoms with Crippen LogP contribution in [0, 0.1) is 46.3 Å². The molecule has 3 nitrogen and oxygen atoms in total. The molecule has 30 heavy (non-hydrogen) atoms. The molecule has 0 radical (unpaired) electrons. The number of hydrogen-bond donors (Lipinski definition) is 2. The molecule has 3 heteroatoms. The summed E-state index contributed by atoms with van der Waals surface area (Å²) in [7, 11) is 0. The summed E-state index contributed by atoms with van der Waals surface area (Å²) in [4.78, 5) is 4.98. The van der Waals surface area contributed by atoms with E-state index >= 15 is 0 Å². The maximum absolute atomic E-state index is 11.4.